The van der Waals surface area contributed by atoms with Crippen LogP contribution in [0.15, 0.2) is 24.3 Å². The van der Waals surface area contributed by atoms with E-state index < -0.39 is 5.97 Å². The van der Waals surface area contributed by atoms with E-state index in [-0.39, 0.29) is 0 Å². The monoisotopic (exact) mass is 277 g/mol. The summed E-state index contributed by atoms with van der Waals surface area (Å²) in [6, 6.07) is 6.92. The summed E-state index contributed by atoms with van der Waals surface area (Å²) in [6.45, 7) is 2.78. The predicted molar refractivity (Wildman–Crippen MR) is 74.9 cm³/mol. The molecule has 0 unspecified atom stereocenters. The van der Waals surface area contributed by atoms with Crippen LogP contribution >= 0.6 is 11.5 Å². The molecule has 0 saturated heterocycles. The van der Waals surface area contributed by atoms with E-state index in [2.05, 4.69) is 14.7 Å². The van der Waals surface area contributed by atoms with Crippen LogP contribution in [0, 0.1) is 0 Å². The molecule has 0 amide bonds. The summed E-state index contributed by atoms with van der Waals surface area (Å²) in [4.78, 5) is 15.0. The highest BCUT2D eigenvalue weighted by molar-refractivity contribution is 7.09. The lowest BCUT2D eigenvalue weighted by molar-refractivity contribution is 0.0697. The van der Waals surface area contributed by atoms with Crippen molar-refractivity contribution in [2.24, 2.45) is 0 Å². The Morgan fingerprint density at radius 1 is 1.37 bits per heavy atom. The third kappa shape index (κ3) is 3.75. The summed E-state index contributed by atoms with van der Waals surface area (Å²) in [5.74, 6) is -0.0380. The SMILES string of the molecule is CCc1nsc(NCCc2ccc(C(=O)O)cc2)n1. The third-order valence-electron chi connectivity index (χ3n) is 2.68. The van der Waals surface area contributed by atoms with E-state index in [1.165, 1.54) is 11.5 Å². The first-order valence-electron chi connectivity index (χ1n) is 6.07. The number of hydrogen-bond acceptors (Lipinski definition) is 5. The molecule has 0 radical (unpaired) electrons. The average Bonchev–Trinajstić information content (AvgIpc) is 2.87. The molecule has 0 aliphatic carbocycles. The van der Waals surface area contributed by atoms with Gasteiger partial charge < -0.3 is 10.4 Å². The zero-order valence-corrected chi connectivity index (χ0v) is 11.4. The van der Waals surface area contributed by atoms with Gasteiger partial charge in [0.15, 0.2) is 0 Å². The molecule has 2 N–H and O–H groups in total. The summed E-state index contributed by atoms with van der Waals surface area (Å²) < 4.78 is 4.19. The number of benzene rings is 1. The minimum atomic E-state index is -0.898. The predicted octanol–water partition coefficient (Wildman–Crippen LogP) is 2.45. The van der Waals surface area contributed by atoms with Gasteiger partial charge in [0, 0.05) is 24.5 Å². The fourth-order valence-corrected chi connectivity index (χ4v) is 2.27. The molecular formula is C13H15N3O2S. The zero-order chi connectivity index (χ0) is 13.7. The van der Waals surface area contributed by atoms with Crippen LogP contribution in [0.1, 0.15) is 28.7 Å². The molecule has 100 valence electrons. The van der Waals surface area contributed by atoms with E-state index in [1.54, 1.807) is 12.1 Å². The number of carboxylic acids is 1. The second-order valence-corrected chi connectivity index (χ2v) is 4.80. The highest BCUT2D eigenvalue weighted by Crippen LogP contribution is 2.11. The van der Waals surface area contributed by atoms with Gasteiger partial charge in [0.05, 0.1) is 5.56 Å². The fourth-order valence-electron chi connectivity index (χ4n) is 1.60. The number of hydrogen-bond donors (Lipinski definition) is 2. The van der Waals surface area contributed by atoms with E-state index in [0.29, 0.717) is 5.56 Å². The van der Waals surface area contributed by atoms with Crippen LogP contribution in [0.4, 0.5) is 5.13 Å². The summed E-state index contributed by atoms with van der Waals surface area (Å²) in [5.41, 5.74) is 1.41. The minimum absolute atomic E-state index is 0.313. The number of rotatable bonds is 6. The van der Waals surface area contributed by atoms with Crippen molar-refractivity contribution in [2.75, 3.05) is 11.9 Å². The first-order chi connectivity index (χ1) is 9.19. The first kappa shape index (κ1) is 13.5. The van der Waals surface area contributed by atoms with Gasteiger partial charge in [-0.2, -0.15) is 4.37 Å². The Balaban J connectivity index is 1.83. The standard InChI is InChI=1S/C13H15N3O2S/c1-2-11-15-13(19-16-11)14-8-7-9-3-5-10(6-4-9)12(17)18/h3-6H,2,7-8H2,1H3,(H,17,18)(H,14,15,16). The van der Waals surface area contributed by atoms with E-state index in [0.717, 1.165) is 35.9 Å². The zero-order valence-electron chi connectivity index (χ0n) is 10.6. The van der Waals surface area contributed by atoms with Crippen molar-refractivity contribution in [1.82, 2.24) is 9.36 Å². The number of aromatic nitrogens is 2. The fraction of sp³-hybridized carbons (Fsp3) is 0.308. The molecule has 0 saturated carbocycles. The maximum atomic E-state index is 10.7. The third-order valence-corrected chi connectivity index (χ3v) is 3.39. The first-order valence-corrected chi connectivity index (χ1v) is 6.85. The molecule has 6 heteroatoms. The van der Waals surface area contributed by atoms with Crippen LogP contribution in [0.5, 0.6) is 0 Å². The molecule has 1 aromatic heterocycles. The summed E-state index contributed by atoms with van der Waals surface area (Å²) in [5, 5.41) is 12.8. The highest BCUT2D eigenvalue weighted by Gasteiger charge is 2.03. The summed E-state index contributed by atoms with van der Waals surface area (Å²) in [6.07, 6.45) is 1.66. The lowest BCUT2D eigenvalue weighted by Crippen LogP contribution is -2.05. The molecule has 19 heavy (non-hydrogen) atoms. The number of anilines is 1. The largest absolute Gasteiger partial charge is 0.478 e. The Kier molecular flexibility index (Phi) is 4.46. The van der Waals surface area contributed by atoms with Gasteiger partial charge in [0.25, 0.3) is 0 Å². The van der Waals surface area contributed by atoms with E-state index >= 15 is 0 Å². The molecule has 0 aliphatic rings. The number of aromatic carboxylic acids is 1. The van der Waals surface area contributed by atoms with Gasteiger partial charge >= 0.3 is 5.97 Å². The van der Waals surface area contributed by atoms with E-state index in [1.807, 2.05) is 19.1 Å². The molecule has 0 atom stereocenters. The van der Waals surface area contributed by atoms with Crippen LogP contribution in [0.3, 0.4) is 0 Å². The van der Waals surface area contributed by atoms with E-state index in [9.17, 15) is 4.79 Å². The molecule has 0 spiro atoms. The number of carbonyl (C=O) groups is 1. The molecule has 0 aliphatic heterocycles. The highest BCUT2D eigenvalue weighted by atomic mass is 32.1. The summed E-state index contributed by atoms with van der Waals surface area (Å²) in [7, 11) is 0. The normalized spacial score (nSPS) is 10.4. The molecule has 0 fully saturated rings. The van der Waals surface area contributed by atoms with Crippen LogP contribution in [-0.4, -0.2) is 27.0 Å². The summed E-state index contributed by atoms with van der Waals surface area (Å²) >= 11 is 1.37. The van der Waals surface area contributed by atoms with Gasteiger partial charge in [-0.15, -0.1) is 0 Å². The van der Waals surface area contributed by atoms with Crippen molar-refractivity contribution in [3.8, 4) is 0 Å². The molecule has 5 nitrogen and oxygen atoms in total. The van der Waals surface area contributed by atoms with Crippen LogP contribution in [0.25, 0.3) is 0 Å². The lowest BCUT2D eigenvalue weighted by atomic mass is 10.1. The van der Waals surface area contributed by atoms with Crippen molar-refractivity contribution in [2.45, 2.75) is 19.8 Å². The van der Waals surface area contributed by atoms with Crippen LogP contribution < -0.4 is 5.32 Å². The maximum absolute atomic E-state index is 10.7. The van der Waals surface area contributed by atoms with Crippen molar-refractivity contribution in [3.05, 3.63) is 41.2 Å². The van der Waals surface area contributed by atoms with Gasteiger partial charge in [-0.05, 0) is 24.1 Å². The number of aryl methyl sites for hydroxylation is 1. The number of nitrogens with one attached hydrogen (secondary N) is 1. The van der Waals surface area contributed by atoms with Gasteiger partial charge in [-0.3, -0.25) is 0 Å². The van der Waals surface area contributed by atoms with Gasteiger partial charge in [0.2, 0.25) is 5.13 Å². The van der Waals surface area contributed by atoms with Crippen molar-refractivity contribution in [3.63, 3.8) is 0 Å². The molecular weight excluding hydrogens is 262 g/mol. The molecule has 2 aromatic rings. The van der Waals surface area contributed by atoms with Gasteiger partial charge in [-0.1, -0.05) is 19.1 Å². The van der Waals surface area contributed by atoms with Crippen molar-refractivity contribution in [1.29, 1.82) is 0 Å². The molecule has 2 rings (SSSR count). The van der Waals surface area contributed by atoms with Crippen molar-refractivity contribution < 1.29 is 9.90 Å². The minimum Gasteiger partial charge on any atom is -0.478 e. The molecule has 0 bridgehead atoms. The second-order valence-electron chi connectivity index (χ2n) is 4.05. The van der Waals surface area contributed by atoms with Crippen LogP contribution in [-0.2, 0) is 12.8 Å². The Morgan fingerprint density at radius 3 is 2.68 bits per heavy atom. The molecule has 1 heterocycles. The number of carboxylic acid groups (broad SMARTS) is 1. The van der Waals surface area contributed by atoms with Crippen molar-refractivity contribution >= 4 is 22.6 Å². The smallest absolute Gasteiger partial charge is 0.335 e. The van der Waals surface area contributed by atoms with E-state index in [4.69, 9.17) is 5.11 Å². The quantitative estimate of drug-likeness (QED) is 0.848. The molecule has 1 aromatic carbocycles. The average molecular weight is 277 g/mol. The Bertz CT molecular complexity index is 551. The Morgan fingerprint density at radius 2 is 2.11 bits per heavy atom. The second kappa shape index (κ2) is 6.29. The van der Waals surface area contributed by atoms with Gasteiger partial charge in [0.1, 0.15) is 5.82 Å². The Labute approximate surface area is 115 Å². The van der Waals surface area contributed by atoms with Crippen LogP contribution in [0.2, 0.25) is 0 Å². The van der Waals surface area contributed by atoms with Gasteiger partial charge in [-0.25, -0.2) is 9.78 Å². The number of nitrogens with zero attached hydrogens (tertiary/aromatic N) is 2. The maximum Gasteiger partial charge on any atom is 0.335 e. The lowest BCUT2D eigenvalue weighted by Gasteiger charge is -2.03. The Hall–Kier alpha value is -1.95. The topological polar surface area (TPSA) is 75.1 Å².